The van der Waals surface area contributed by atoms with E-state index in [0.29, 0.717) is 17.5 Å². The summed E-state index contributed by atoms with van der Waals surface area (Å²) in [5.41, 5.74) is 6.61. The lowest BCUT2D eigenvalue weighted by molar-refractivity contribution is 0.626. The molecule has 7 heteroatoms. The van der Waals surface area contributed by atoms with Crippen molar-refractivity contribution >= 4 is 29.3 Å². The number of benzene rings is 2. The van der Waals surface area contributed by atoms with E-state index in [9.17, 15) is 4.39 Å². The first-order valence-electron chi connectivity index (χ1n) is 6.90. The molecule has 0 aliphatic heterocycles. The Bertz CT molecular complexity index is 780. The third kappa shape index (κ3) is 4.40. The number of nitrogens with one attached hydrogen (secondary N) is 1. The first kappa shape index (κ1) is 15.2. The van der Waals surface area contributed by atoms with Crippen LogP contribution < -0.4 is 11.1 Å². The van der Waals surface area contributed by atoms with Crippen LogP contribution in [0.4, 0.5) is 22.0 Å². The maximum Gasteiger partial charge on any atom is 0.232 e. The minimum absolute atomic E-state index is 0.160. The molecule has 0 fully saturated rings. The third-order valence-corrected chi connectivity index (χ3v) is 3.92. The van der Waals surface area contributed by atoms with Crippen molar-refractivity contribution in [2.45, 2.75) is 10.6 Å². The molecule has 1 aromatic heterocycles. The monoisotopic (exact) mass is 327 g/mol. The van der Waals surface area contributed by atoms with Gasteiger partial charge in [0, 0.05) is 10.6 Å². The number of nitrogens with two attached hydrogens (primary N) is 1. The lowest BCUT2D eigenvalue weighted by Crippen LogP contribution is -2.06. The predicted octanol–water partition coefficient (Wildman–Crippen LogP) is 3.63. The van der Waals surface area contributed by atoms with Crippen molar-refractivity contribution < 1.29 is 4.39 Å². The first-order valence-corrected chi connectivity index (χ1v) is 7.88. The van der Waals surface area contributed by atoms with Gasteiger partial charge in [0.1, 0.15) is 11.6 Å². The lowest BCUT2D eigenvalue weighted by Gasteiger charge is -2.07. The number of nitrogen functional groups attached to an aromatic ring is 1. The Morgan fingerprint density at radius 2 is 1.70 bits per heavy atom. The van der Waals surface area contributed by atoms with Gasteiger partial charge < -0.3 is 11.1 Å². The van der Waals surface area contributed by atoms with E-state index in [0.717, 1.165) is 10.6 Å². The van der Waals surface area contributed by atoms with Gasteiger partial charge in [0.05, 0.1) is 5.75 Å². The Labute approximate surface area is 137 Å². The maximum absolute atomic E-state index is 12.9. The van der Waals surface area contributed by atoms with E-state index in [1.165, 1.54) is 23.9 Å². The van der Waals surface area contributed by atoms with Crippen LogP contribution in [0.25, 0.3) is 0 Å². The minimum Gasteiger partial charge on any atom is -0.368 e. The average Bonchev–Trinajstić information content (AvgIpc) is 2.55. The highest BCUT2D eigenvalue weighted by Gasteiger charge is 2.06. The Kier molecular flexibility index (Phi) is 4.68. The van der Waals surface area contributed by atoms with E-state index in [4.69, 9.17) is 5.73 Å². The average molecular weight is 327 g/mol. The van der Waals surface area contributed by atoms with E-state index in [1.807, 2.05) is 30.3 Å². The second-order valence-corrected chi connectivity index (χ2v) is 5.72. The topological polar surface area (TPSA) is 76.7 Å². The van der Waals surface area contributed by atoms with E-state index in [2.05, 4.69) is 20.3 Å². The summed E-state index contributed by atoms with van der Waals surface area (Å²) < 4.78 is 12.9. The van der Waals surface area contributed by atoms with Gasteiger partial charge in [-0.15, -0.1) is 11.8 Å². The highest BCUT2D eigenvalue weighted by Crippen LogP contribution is 2.22. The molecule has 0 atom stereocenters. The molecule has 0 unspecified atom stereocenters. The van der Waals surface area contributed by atoms with Crippen LogP contribution in [0.1, 0.15) is 5.82 Å². The zero-order valence-electron chi connectivity index (χ0n) is 12.1. The smallest absolute Gasteiger partial charge is 0.232 e. The molecule has 0 bridgehead atoms. The van der Waals surface area contributed by atoms with E-state index < -0.39 is 0 Å². The number of hydrogen-bond donors (Lipinski definition) is 2. The van der Waals surface area contributed by atoms with Crippen LogP contribution in [0.2, 0.25) is 0 Å². The third-order valence-electron chi connectivity index (χ3n) is 2.91. The summed E-state index contributed by atoms with van der Waals surface area (Å²) in [5, 5.41) is 3.09. The molecule has 1 heterocycles. The second-order valence-electron chi connectivity index (χ2n) is 4.67. The van der Waals surface area contributed by atoms with Gasteiger partial charge in [0.2, 0.25) is 11.9 Å². The van der Waals surface area contributed by atoms with Crippen LogP contribution in [-0.4, -0.2) is 15.0 Å². The molecule has 0 saturated carbocycles. The largest absolute Gasteiger partial charge is 0.368 e. The van der Waals surface area contributed by atoms with Crippen LogP contribution in [-0.2, 0) is 5.75 Å². The number of aromatic nitrogens is 3. The number of halogens is 1. The number of para-hydroxylation sites is 1. The maximum atomic E-state index is 12.9. The molecule has 23 heavy (non-hydrogen) atoms. The molecule has 0 saturated heterocycles. The normalized spacial score (nSPS) is 10.5. The summed E-state index contributed by atoms with van der Waals surface area (Å²) >= 11 is 1.50. The molecule has 5 nitrogen and oxygen atoms in total. The van der Waals surface area contributed by atoms with Gasteiger partial charge in [-0.1, -0.05) is 18.2 Å². The van der Waals surface area contributed by atoms with Gasteiger partial charge in [-0.2, -0.15) is 15.0 Å². The Balaban J connectivity index is 1.71. The number of hydrogen-bond acceptors (Lipinski definition) is 6. The van der Waals surface area contributed by atoms with Crippen LogP contribution in [0.3, 0.4) is 0 Å². The lowest BCUT2D eigenvalue weighted by atomic mass is 10.3. The van der Waals surface area contributed by atoms with Crippen molar-refractivity contribution in [2.24, 2.45) is 0 Å². The molecule has 3 aromatic rings. The molecule has 0 aliphatic carbocycles. The zero-order valence-corrected chi connectivity index (χ0v) is 12.9. The summed E-state index contributed by atoms with van der Waals surface area (Å²) in [6.45, 7) is 0. The summed E-state index contributed by atoms with van der Waals surface area (Å²) in [5.74, 6) is 1.38. The number of thioether (sulfide) groups is 1. The van der Waals surface area contributed by atoms with E-state index >= 15 is 0 Å². The van der Waals surface area contributed by atoms with Crippen molar-refractivity contribution in [1.82, 2.24) is 15.0 Å². The number of nitrogens with zero attached hydrogens (tertiary/aromatic N) is 3. The summed E-state index contributed by atoms with van der Waals surface area (Å²) in [4.78, 5) is 13.5. The first-order chi connectivity index (χ1) is 11.2. The summed E-state index contributed by atoms with van der Waals surface area (Å²) in [6, 6.07) is 15.9. The molecular weight excluding hydrogens is 313 g/mol. The van der Waals surface area contributed by atoms with Crippen molar-refractivity contribution in [3.05, 3.63) is 66.2 Å². The fourth-order valence-corrected chi connectivity index (χ4v) is 2.64. The standard InChI is InChI=1S/C16H14FN5S/c17-11-6-8-13(9-7-11)23-10-14-20-15(18)22-16(21-14)19-12-4-2-1-3-5-12/h1-9H,10H2,(H3,18,19,20,21,22). The van der Waals surface area contributed by atoms with Gasteiger partial charge in [-0.3, -0.25) is 0 Å². The number of anilines is 3. The molecule has 3 N–H and O–H groups in total. The highest BCUT2D eigenvalue weighted by atomic mass is 32.2. The Hall–Kier alpha value is -2.67. The van der Waals surface area contributed by atoms with Crippen LogP contribution in [0.5, 0.6) is 0 Å². The molecule has 0 aliphatic rings. The predicted molar refractivity (Wildman–Crippen MR) is 89.9 cm³/mol. The molecule has 0 radical (unpaired) electrons. The van der Waals surface area contributed by atoms with Crippen molar-refractivity contribution in [2.75, 3.05) is 11.1 Å². The molecule has 2 aromatic carbocycles. The quantitative estimate of drug-likeness (QED) is 0.697. The second kappa shape index (κ2) is 7.06. The van der Waals surface area contributed by atoms with Gasteiger partial charge in [-0.05, 0) is 36.4 Å². The fraction of sp³-hybridized carbons (Fsp3) is 0.0625. The minimum atomic E-state index is -0.256. The van der Waals surface area contributed by atoms with Gasteiger partial charge in [0.15, 0.2) is 0 Å². The Morgan fingerprint density at radius 1 is 0.957 bits per heavy atom. The molecule has 116 valence electrons. The number of rotatable bonds is 5. The van der Waals surface area contributed by atoms with E-state index in [1.54, 1.807) is 12.1 Å². The molecular formula is C16H14FN5S. The SMILES string of the molecule is Nc1nc(CSc2ccc(F)cc2)nc(Nc2ccccc2)n1. The Morgan fingerprint density at radius 3 is 2.43 bits per heavy atom. The zero-order chi connectivity index (χ0) is 16.1. The van der Waals surface area contributed by atoms with Gasteiger partial charge in [0.25, 0.3) is 0 Å². The van der Waals surface area contributed by atoms with Crippen molar-refractivity contribution in [3.63, 3.8) is 0 Å². The highest BCUT2D eigenvalue weighted by molar-refractivity contribution is 7.98. The molecule has 0 amide bonds. The van der Waals surface area contributed by atoms with Crippen molar-refractivity contribution in [1.29, 1.82) is 0 Å². The van der Waals surface area contributed by atoms with Crippen LogP contribution in [0.15, 0.2) is 59.5 Å². The van der Waals surface area contributed by atoms with Crippen molar-refractivity contribution in [3.8, 4) is 0 Å². The van der Waals surface area contributed by atoms with Gasteiger partial charge >= 0.3 is 0 Å². The van der Waals surface area contributed by atoms with Crippen LogP contribution in [0, 0.1) is 5.82 Å². The van der Waals surface area contributed by atoms with Crippen LogP contribution >= 0.6 is 11.8 Å². The molecule has 3 rings (SSSR count). The van der Waals surface area contributed by atoms with Gasteiger partial charge in [-0.25, -0.2) is 4.39 Å². The summed E-state index contributed by atoms with van der Waals surface area (Å²) in [6.07, 6.45) is 0. The molecule has 0 spiro atoms. The summed E-state index contributed by atoms with van der Waals surface area (Å²) in [7, 11) is 0. The van der Waals surface area contributed by atoms with E-state index in [-0.39, 0.29) is 11.8 Å². The fourth-order valence-electron chi connectivity index (χ4n) is 1.89.